The third kappa shape index (κ3) is 2.80. The van der Waals surface area contributed by atoms with Crippen molar-refractivity contribution in [3.63, 3.8) is 0 Å². The second-order valence-corrected chi connectivity index (χ2v) is 5.96. The van der Waals surface area contributed by atoms with Gasteiger partial charge in [-0.05, 0) is 25.7 Å². The Morgan fingerprint density at radius 3 is 2.96 bits per heavy atom. The minimum atomic E-state index is -0.336. The number of aromatic amines is 1. The summed E-state index contributed by atoms with van der Waals surface area (Å²) in [5, 5.41) is 6.87. The molecule has 4 heterocycles. The van der Waals surface area contributed by atoms with Crippen molar-refractivity contribution in [2.24, 2.45) is 5.92 Å². The van der Waals surface area contributed by atoms with Gasteiger partial charge in [-0.1, -0.05) is 5.16 Å². The molecule has 1 aliphatic heterocycles. The third-order valence-electron chi connectivity index (χ3n) is 4.32. The van der Waals surface area contributed by atoms with E-state index in [0.29, 0.717) is 36.2 Å². The van der Waals surface area contributed by atoms with Crippen LogP contribution in [0, 0.1) is 12.8 Å². The largest absolute Gasteiger partial charge is 0.463 e. The smallest absolute Gasteiger partial charge is 0.268 e. The molecule has 1 saturated heterocycles. The number of aryl methyl sites for hydroxylation is 1. The van der Waals surface area contributed by atoms with Crippen LogP contribution in [0.3, 0.4) is 0 Å². The van der Waals surface area contributed by atoms with Crippen LogP contribution in [0.25, 0.3) is 11.1 Å². The lowest BCUT2D eigenvalue weighted by molar-refractivity contribution is 0.0467. The third-order valence-corrected chi connectivity index (χ3v) is 4.32. The van der Waals surface area contributed by atoms with Gasteiger partial charge in [0, 0.05) is 25.3 Å². The molecule has 1 atom stereocenters. The molecular weight excluding hydrogens is 312 g/mol. The van der Waals surface area contributed by atoms with Crippen LogP contribution in [0.4, 0.5) is 0 Å². The van der Waals surface area contributed by atoms with Crippen LogP contribution in [0.1, 0.15) is 41.1 Å². The number of hydrogen-bond acceptors (Lipinski definition) is 6. The first-order valence-corrected chi connectivity index (χ1v) is 7.96. The molecule has 3 aromatic rings. The molecule has 0 spiro atoms. The van der Waals surface area contributed by atoms with E-state index < -0.39 is 0 Å². The Hall–Kier alpha value is -2.61. The van der Waals surface area contributed by atoms with Gasteiger partial charge in [-0.25, -0.2) is 0 Å². The highest BCUT2D eigenvalue weighted by atomic mass is 16.5. The zero-order chi connectivity index (χ0) is 16.5. The Kier molecular flexibility index (Phi) is 3.81. The van der Waals surface area contributed by atoms with Crippen LogP contribution in [0.15, 0.2) is 27.3 Å². The second-order valence-electron chi connectivity index (χ2n) is 5.96. The highest BCUT2D eigenvalue weighted by molar-refractivity contribution is 5.96. The monoisotopic (exact) mass is 330 g/mol. The lowest BCUT2D eigenvalue weighted by atomic mass is 9.91. The van der Waals surface area contributed by atoms with Crippen molar-refractivity contribution in [3.8, 4) is 0 Å². The van der Waals surface area contributed by atoms with E-state index in [1.165, 1.54) is 0 Å². The predicted molar refractivity (Wildman–Crippen MR) is 83.3 cm³/mol. The van der Waals surface area contributed by atoms with Crippen LogP contribution in [0.2, 0.25) is 0 Å². The number of nitrogens with one attached hydrogen (secondary N) is 2. The van der Waals surface area contributed by atoms with Crippen LogP contribution in [-0.2, 0) is 4.74 Å². The summed E-state index contributed by atoms with van der Waals surface area (Å²) in [5.41, 5.74) is 1.88. The Morgan fingerprint density at radius 1 is 1.42 bits per heavy atom. The van der Waals surface area contributed by atoms with Gasteiger partial charge in [0.15, 0.2) is 11.4 Å². The van der Waals surface area contributed by atoms with E-state index in [-0.39, 0.29) is 17.9 Å². The summed E-state index contributed by atoms with van der Waals surface area (Å²) in [7, 11) is 0. The summed E-state index contributed by atoms with van der Waals surface area (Å²) >= 11 is 0. The van der Waals surface area contributed by atoms with Crippen LogP contribution in [0.5, 0.6) is 0 Å². The number of furan rings is 1. The quantitative estimate of drug-likeness (QED) is 0.760. The summed E-state index contributed by atoms with van der Waals surface area (Å²) in [4.78, 5) is 20.0. The summed E-state index contributed by atoms with van der Waals surface area (Å²) in [6.45, 7) is 3.09. The zero-order valence-corrected chi connectivity index (χ0v) is 13.2. The fraction of sp³-hybridized carbons (Fsp3) is 0.438. The number of rotatable bonds is 4. The van der Waals surface area contributed by atoms with E-state index >= 15 is 0 Å². The number of amides is 1. The first-order chi connectivity index (χ1) is 11.7. The van der Waals surface area contributed by atoms with Crippen LogP contribution in [-0.4, -0.2) is 34.2 Å². The summed E-state index contributed by atoms with van der Waals surface area (Å²) in [5.74, 6) is 0.950. The average Bonchev–Trinajstić information content (AvgIpc) is 3.29. The molecule has 0 aromatic carbocycles. The number of fused-ring (bicyclic) bond motifs is 1. The van der Waals surface area contributed by atoms with E-state index in [4.69, 9.17) is 13.7 Å². The van der Waals surface area contributed by atoms with E-state index in [1.807, 2.05) is 0 Å². The molecule has 1 amide bonds. The number of carbonyl (C=O) groups is 1. The van der Waals surface area contributed by atoms with Crippen LogP contribution >= 0.6 is 0 Å². The maximum Gasteiger partial charge on any atom is 0.268 e. The normalized spacial score (nSPS) is 17.2. The SMILES string of the molecule is Cc1noc(C(NC(=O)c2cc3occc3[nH]2)C2CCOCC2)n1. The molecule has 126 valence electrons. The highest BCUT2D eigenvalue weighted by Crippen LogP contribution is 2.29. The Morgan fingerprint density at radius 2 is 2.25 bits per heavy atom. The van der Waals surface area contributed by atoms with Gasteiger partial charge in [0.2, 0.25) is 5.89 Å². The highest BCUT2D eigenvalue weighted by Gasteiger charge is 2.31. The molecule has 1 aliphatic rings. The Bertz CT molecular complexity index is 815. The minimum absolute atomic E-state index is 0.195. The summed E-state index contributed by atoms with van der Waals surface area (Å²) < 4.78 is 16.0. The number of nitrogens with zero attached hydrogens (tertiary/aromatic N) is 2. The first-order valence-electron chi connectivity index (χ1n) is 7.96. The molecule has 3 aromatic heterocycles. The van der Waals surface area contributed by atoms with E-state index in [1.54, 1.807) is 25.3 Å². The molecule has 0 saturated carbocycles. The van der Waals surface area contributed by atoms with Crippen molar-refractivity contribution >= 4 is 17.0 Å². The van der Waals surface area contributed by atoms with Gasteiger partial charge < -0.3 is 24.0 Å². The number of aromatic nitrogens is 3. The molecule has 24 heavy (non-hydrogen) atoms. The van der Waals surface area contributed by atoms with Gasteiger partial charge >= 0.3 is 0 Å². The predicted octanol–water partition coefficient (Wildman–Crippen LogP) is 2.35. The lowest BCUT2D eigenvalue weighted by Gasteiger charge is -2.28. The van der Waals surface area contributed by atoms with Crippen LogP contribution < -0.4 is 5.32 Å². The maximum atomic E-state index is 12.6. The second kappa shape index (κ2) is 6.12. The molecule has 8 nitrogen and oxygen atoms in total. The molecule has 1 fully saturated rings. The summed E-state index contributed by atoms with van der Waals surface area (Å²) in [6, 6.07) is 3.13. The van der Waals surface area contributed by atoms with Gasteiger partial charge in [0.05, 0.1) is 11.8 Å². The van der Waals surface area contributed by atoms with E-state index in [0.717, 1.165) is 18.4 Å². The number of ether oxygens (including phenoxy) is 1. The van der Waals surface area contributed by atoms with Gasteiger partial charge in [-0.2, -0.15) is 4.98 Å². The summed E-state index contributed by atoms with van der Waals surface area (Å²) in [6.07, 6.45) is 3.24. The molecular formula is C16H18N4O4. The van der Waals surface area contributed by atoms with Crippen molar-refractivity contribution in [1.29, 1.82) is 0 Å². The molecule has 4 rings (SSSR count). The van der Waals surface area contributed by atoms with E-state index in [9.17, 15) is 4.79 Å². The van der Waals surface area contributed by atoms with Crippen molar-refractivity contribution in [2.45, 2.75) is 25.8 Å². The number of hydrogen-bond donors (Lipinski definition) is 2. The maximum absolute atomic E-state index is 12.6. The van der Waals surface area contributed by atoms with E-state index in [2.05, 4.69) is 20.4 Å². The molecule has 1 unspecified atom stereocenters. The van der Waals surface area contributed by atoms with Crippen molar-refractivity contribution in [1.82, 2.24) is 20.4 Å². The van der Waals surface area contributed by atoms with Gasteiger partial charge in [0.1, 0.15) is 11.7 Å². The molecule has 0 bridgehead atoms. The van der Waals surface area contributed by atoms with Crippen molar-refractivity contribution in [2.75, 3.05) is 13.2 Å². The molecule has 0 radical (unpaired) electrons. The molecule has 0 aliphatic carbocycles. The van der Waals surface area contributed by atoms with Gasteiger partial charge in [0.25, 0.3) is 5.91 Å². The van der Waals surface area contributed by atoms with Gasteiger partial charge in [-0.3, -0.25) is 4.79 Å². The topological polar surface area (TPSA) is 106 Å². The Labute approximate surface area is 137 Å². The lowest BCUT2D eigenvalue weighted by Crippen LogP contribution is -2.36. The van der Waals surface area contributed by atoms with Crippen molar-refractivity contribution < 1.29 is 18.5 Å². The van der Waals surface area contributed by atoms with Gasteiger partial charge in [-0.15, -0.1) is 0 Å². The minimum Gasteiger partial charge on any atom is -0.463 e. The fourth-order valence-corrected chi connectivity index (χ4v) is 3.06. The molecule has 8 heteroatoms. The Balaban J connectivity index is 1.58. The molecule has 2 N–H and O–H groups in total. The fourth-order valence-electron chi connectivity index (χ4n) is 3.06. The average molecular weight is 330 g/mol. The standard InChI is InChI=1S/C16H18N4O4/c1-9-17-16(24-20-9)14(10-2-5-22-6-3-10)19-15(21)12-8-13-11(18-12)4-7-23-13/h4,7-8,10,14,18H,2-3,5-6H2,1H3,(H,19,21). The number of carbonyl (C=O) groups excluding carboxylic acids is 1. The zero-order valence-electron chi connectivity index (χ0n) is 13.2. The number of H-pyrrole nitrogens is 1. The van der Waals surface area contributed by atoms with Crippen molar-refractivity contribution in [3.05, 3.63) is 35.8 Å². The first kappa shape index (κ1) is 14.9.